The molecular formula is C20H22N2O4. The number of carbonyl (C=O) groups is 3. The zero-order valence-electron chi connectivity index (χ0n) is 14.8. The molecule has 2 aromatic carbocycles. The van der Waals surface area contributed by atoms with E-state index in [1.54, 1.807) is 24.3 Å². The molecule has 2 amide bonds. The molecule has 0 heterocycles. The monoisotopic (exact) mass is 354 g/mol. The standard InChI is InChI=1S/C20H22N2O4/c1-13-3-4-14(2)16(9-13)11-19(24)22-17-7-5-15(6-8-17)10-18(23)21-12-20(25)26/h3-9H,10-12H2,1-2H3,(H,21,23)(H,22,24)(H,25,26). The van der Waals surface area contributed by atoms with E-state index in [1.807, 2.05) is 32.0 Å². The number of carboxylic acid groups (broad SMARTS) is 1. The highest BCUT2D eigenvalue weighted by atomic mass is 16.4. The lowest BCUT2D eigenvalue weighted by atomic mass is 10.0. The number of aryl methyl sites for hydroxylation is 2. The second kappa shape index (κ2) is 8.80. The quantitative estimate of drug-likeness (QED) is 0.710. The first-order valence-electron chi connectivity index (χ1n) is 8.27. The van der Waals surface area contributed by atoms with Crippen LogP contribution in [0.5, 0.6) is 0 Å². The summed E-state index contributed by atoms with van der Waals surface area (Å²) >= 11 is 0. The number of benzene rings is 2. The summed E-state index contributed by atoms with van der Waals surface area (Å²) in [7, 11) is 0. The van der Waals surface area contributed by atoms with Crippen LogP contribution >= 0.6 is 0 Å². The normalized spacial score (nSPS) is 10.2. The van der Waals surface area contributed by atoms with Gasteiger partial charge in [-0.1, -0.05) is 35.9 Å². The highest BCUT2D eigenvalue weighted by Crippen LogP contribution is 2.14. The molecule has 0 saturated carbocycles. The van der Waals surface area contributed by atoms with Crippen molar-refractivity contribution >= 4 is 23.5 Å². The van der Waals surface area contributed by atoms with E-state index in [0.29, 0.717) is 12.1 Å². The molecule has 6 nitrogen and oxygen atoms in total. The van der Waals surface area contributed by atoms with Gasteiger partial charge in [0.15, 0.2) is 0 Å². The van der Waals surface area contributed by atoms with Gasteiger partial charge in [0.2, 0.25) is 11.8 Å². The molecule has 0 aliphatic carbocycles. The molecule has 0 bridgehead atoms. The second-order valence-electron chi connectivity index (χ2n) is 6.20. The van der Waals surface area contributed by atoms with E-state index < -0.39 is 12.5 Å². The number of hydrogen-bond donors (Lipinski definition) is 3. The van der Waals surface area contributed by atoms with E-state index in [4.69, 9.17) is 5.11 Å². The summed E-state index contributed by atoms with van der Waals surface area (Å²) in [6.07, 6.45) is 0.386. The van der Waals surface area contributed by atoms with Crippen molar-refractivity contribution in [3.8, 4) is 0 Å². The molecule has 0 fully saturated rings. The van der Waals surface area contributed by atoms with E-state index in [1.165, 1.54) is 0 Å². The van der Waals surface area contributed by atoms with Gasteiger partial charge in [0.25, 0.3) is 0 Å². The van der Waals surface area contributed by atoms with Crippen LogP contribution in [-0.2, 0) is 27.2 Å². The van der Waals surface area contributed by atoms with Crippen LogP contribution in [0, 0.1) is 13.8 Å². The number of nitrogens with one attached hydrogen (secondary N) is 2. The van der Waals surface area contributed by atoms with Crippen molar-refractivity contribution in [2.24, 2.45) is 0 Å². The minimum atomic E-state index is -1.08. The third kappa shape index (κ3) is 6.05. The fraction of sp³-hybridized carbons (Fsp3) is 0.250. The lowest BCUT2D eigenvalue weighted by Crippen LogP contribution is -2.30. The molecule has 0 radical (unpaired) electrons. The Labute approximate surface area is 152 Å². The largest absolute Gasteiger partial charge is 0.480 e. The highest BCUT2D eigenvalue weighted by Gasteiger charge is 2.08. The van der Waals surface area contributed by atoms with Gasteiger partial charge in [-0.25, -0.2) is 0 Å². The second-order valence-corrected chi connectivity index (χ2v) is 6.20. The minimum Gasteiger partial charge on any atom is -0.480 e. The van der Waals surface area contributed by atoms with E-state index in [-0.39, 0.29) is 18.2 Å². The Kier molecular flexibility index (Phi) is 6.49. The zero-order chi connectivity index (χ0) is 19.1. The predicted molar refractivity (Wildman–Crippen MR) is 99.0 cm³/mol. The number of amides is 2. The molecule has 3 N–H and O–H groups in total. The molecule has 26 heavy (non-hydrogen) atoms. The van der Waals surface area contributed by atoms with Crippen molar-refractivity contribution in [1.82, 2.24) is 5.32 Å². The van der Waals surface area contributed by atoms with E-state index >= 15 is 0 Å². The van der Waals surface area contributed by atoms with Gasteiger partial charge in [0, 0.05) is 5.69 Å². The third-order valence-corrected chi connectivity index (χ3v) is 3.89. The number of aliphatic carboxylic acids is 1. The fourth-order valence-electron chi connectivity index (χ4n) is 2.50. The van der Waals surface area contributed by atoms with Crippen LogP contribution in [0.3, 0.4) is 0 Å². The van der Waals surface area contributed by atoms with Gasteiger partial charge in [0.1, 0.15) is 6.54 Å². The first kappa shape index (κ1) is 19.2. The summed E-state index contributed by atoms with van der Waals surface area (Å²) in [6.45, 7) is 3.57. The molecule has 0 unspecified atom stereocenters. The maximum atomic E-state index is 12.2. The molecule has 6 heteroatoms. The van der Waals surface area contributed by atoms with E-state index in [9.17, 15) is 14.4 Å². The molecule has 136 valence electrons. The molecule has 0 atom stereocenters. The molecule has 0 aromatic heterocycles. The maximum Gasteiger partial charge on any atom is 0.322 e. The number of hydrogen-bond acceptors (Lipinski definition) is 3. The topological polar surface area (TPSA) is 95.5 Å². The van der Waals surface area contributed by atoms with Crippen molar-refractivity contribution in [3.05, 3.63) is 64.7 Å². The van der Waals surface area contributed by atoms with Crippen LogP contribution in [0.1, 0.15) is 22.3 Å². The summed E-state index contributed by atoms with van der Waals surface area (Å²) in [5, 5.41) is 13.7. The molecule has 2 aromatic rings. The molecule has 2 rings (SSSR count). The van der Waals surface area contributed by atoms with Gasteiger partial charge >= 0.3 is 5.97 Å². The van der Waals surface area contributed by atoms with Gasteiger partial charge < -0.3 is 15.7 Å². The lowest BCUT2D eigenvalue weighted by molar-refractivity contribution is -0.137. The lowest BCUT2D eigenvalue weighted by Gasteiger charge is -2.09. The van der Waals surface area contributed by atoms with Crippen molar-refractivity contribution in [1.29, 1.82) is 0 Å². The fourth-order valence-corrected chi connectivity index (χ4v) is 2.50. The van der Waals surface area contributed by atoms with Gasteiger partial charge in [0.05, 0.1) is 12.8 Å². The predicted octanol–water partition coefficient (Wildman–Crippen LogP) is 2.23. The minimum absolute atomic E-state index is 0.0873. The molecular weight excluding hydrogens is 332 g/mol. The summed E-state index contributed by atoms with van der Waals surface area (Å²) in [6, 6.07) is 12.9. The van der Waals surface area contributed by atoms with Crippen LogP contribution in [0.4, 0.5) is 5.69 Å². The van der Waals surface area contributed by atoms with Crippen LogP contribution in [0.2, 0.25) is 0 Å². The molecule has 0 aliphatic heterocycles. The molecule has 0 aliphatic rings. The molecule has 0 saturated heterocycles. The highest BCUT2D eigenvalue weighted by molar-refractivity contribution is 5.92. The van der Waals surface area contributed by atoms with Crippen molar-refractivity contribution in [2.45, 2.75) is 26.7 Å². The van der Waals surface area contributed by atoms with Gasteiger partial charge in [-0.2, -0.15) is 0 Å². The van der Waals surface area contributed by atoms with Gasteiger partial charge in [-0.3, -0.25) is 14.4 Å². The average molecular weight is 354 g/mol. The van der Waals surface area contributed by atoms with Crippen molar-refractivity contribution < 1.29 is 19.5 Å². The zero-order valence-corrected chi connectivity index (χ0v) is 14.8. The van der Waals surface area contributed by atoms with E-state index in [2.05, 4.69) is 10.6 Å². The smallest absolute Gasteiger partial charge is 0.322 e. The Morgan fingerprint density at radius 3 is 2.27 bits per heavy atom. The number of carboxylic acids is 1. The number of anilines is 1. The van der Waals surface area contributed by atoms with Crippen molar-refractivity contribution in [3.63, 3.8) is 0 Å². The summed E-state index contributed by atoms with van der Waals surface area (Å²) < 4.78 is 0. The average Bonchev–Trinajstić information content (AvgIpc) is 2.58. The molecule has 0 spiro atoms. The first-order valence-corrected chi connectivity index (χ1v) is 8.27. The summed E-state index contributed by atoms with van der Waals surface area (Å²) in [4.78, 5) is 34.2. The van der Waals surface area contributed by atoms with Crippen LogP contribution in [0.25, 0.3) is 0 Å². The Morgan fingerprint density at radius 1 is 0.923 bits per heavy atom. The Hall–Kier alpha value is -3.15. The number of carbonyl (C=O) groups excluding carboxylic acids is 2. The third-order valence-electron chi connectivity index (χ3n) is 3.89. The van der Waals surface area contributed by atoms with Crippen LogP contribution in [-0.4, -0.2) is 29.4 Å². The maximum absolute atomic E-state index is 12.2. The Balaban J connectivity index is 1.90. The van der Waals surface area contributed by atoms with Crippen LogP contribution in [0.15, 0.2) is 42.5 Å². The number of rotatable bonds is 7. The summed E-state index contributed by atoms with van der Waals surface area (Å²) in [5.74, 6) is -1.55. The first-order chi connectivity index (χ1) is 12.3. The Morgan fingerprint density at radius 2 is 1.62 bits per heavy atom. The van der Waals surface area contributed by atoms with Crippen molar-refractivity contribution in [2.75, 3.05) is 11.9 Å². The SMILES string of the molecule is Cc1ccc(C)c(CC(=O)Nc2ccc(CC(=O)NCC(=O)O)cc2)c1. The van der Waals surface area contributed by atoms with E-state index in [0.717, 1.165) is 22.3 Å². The Bertz CT molecular complexity index is 813. The van der Waals surface area contributed by atoms with Gasteiger partial charge in [-0.05, 0) is 42.7 Å². The summed E-state index contributed by atoms with van der Waals surface area (Å²) in [5.41, 5.74) is 4.57. The van der Waals surface area contributed by atoms with Gasteiger partial charge in [-0.15, -0.1) is 0 Å². The van der Waals surface area contributed by atoms with Crippen LogP contribution < -0.4 is 10.6 Å².